The summed E-state index contributed by atoms with van der Waals surface area (Å²) < 4.78 is 0. The quantitative estimate of drug-likeness (QED) is 0.259. The summed E-state index contributed by atoms with van der Waals surface area (Å²) in [5.74, 6) is -1.82. The summed E-state index contributed by atoms with van der Waals surface area (Å²) in [6, 6.07) is -3.42. The Hall–Kier alpha value is -1.46. The number of aliphatic carboxylic acids is 1. The third-order valence-electron chi connectivity index (χ3n) is 5.42. The number of likely N-dealkylation sites (tertiary alicyclic amines) is 1. The summed E-state index contributed by atoms with van der Waals surface area (Å²) in [6.45, 7) is 4.14. The predicted octanol–water partition coefficient (Wildman–Crippen LogP) is 0.0879. The number of nitrogens with zero attached hydrogens (tertiary/aromatic N) is 1. The van der Waals surface area contributed by atoms with Crippen LogP contribution in [0.25, 0.3) is 0 Å². The third kappa shape index (κ3) is 7.35. The van der Waals surface area contributed by atoms with Gasteiger partial charge in [-0.15, -0.1) is 0 Å². The van der Waals surface area contributed by atoms with Crippen molar-refractivity contribution in [1.82, 2.24) is 15.5 Å². The average molecular weight is 463 g/mol. The second kappa shape index (κ2) is 13.1. The molecule has 1 fully saturated rings. The van der Waals surface area contributed by atoms with Crippen LogP contribution in [0.3, 0.4) is 0 Å². The molecule has 0 saturated carbocycles. The van der Waals surface area contributed by atoms with E-state index in [0.717, 1.165) is 6.42 Å². The molecule has 3 amide bonds. The molecule has 0 radical (unpaired) electrons. The van der Waals surface area contributed by atoms with Gasteiger partial charge in [0.05, 0.1) is 6.04 Å². The Kier molecular flexibility index (Phi) is 11.6. The van der Waals surface area contributed by atoms with E-state index in [9.17, 15) is 24.3 Å². The molecular weight excluding hydrogens is 428 g/mol. The van der Waals surface area contributed by atoms with Gasteiger partial charge in [0, 0.05) is 12.3 Å². The molecule has 1 heterocycles. The topological polar surface area (TPSA) is 142 Å². The first kappa shape index (κ1) is 26.6. The van der Waals surface area contributed by atoms with E-state index in [1.54, 1.807) is 0 Å². The van der Waals surface area contributed by atoms with Crippen LogP contribution in [0.1, 0.15) is 39.5 Å². The van der Waals surface area contributed by atoms with Crippen molar-refractivity contribution in [3.05, 3.63) is 0 Å². The van der Waals surface area contributed by atoms with Crippen molar-refractivity contribution in [2.75, 3.05) is 24.3 Å². The first-order valence-electron chi connectivity index (χ1n) is 10.2. The molecule has 1 saturated heterocycles. The van der Waals surface area contributed by atoms with E-state index in [1.165, 1.54) is 16.7 Å². The van der Waals surface area contributed by atoms with Crippen molar-refractivity contribution in [1.29, 1.82) is 0 Å². The van der Waals surface area contributed by atoms with Gasteiger partial charge in [-0.2, -0.15) is 24.4 Å². The predicted molar refractivity (Wildman–Crippen MR) is 121 cm³/mol. The molecule has 30 heavy (non-hydrogen) atoms. The minimum Gasteiger partial charge on any atom is -0.480 e. The second-order valence-corrected chi connectivity index (χ2v) is 8.88. The normalized spacial score (nSPS) is 20.2. The number of thiol groups is 1. The number of hydrogen-bond acceptors (Lipinski definition) is 7. The minimum absolute atomic E-state index is 0.0415. The van der Waals surface area contributed by atoms with Crippen molar-refractivity contribution in [3.8, 4) is 0 Å². The van der Waals surface area contributed by atoms with E-state index < -0.39 is 47.9 Å². The Morgan fingerprint density at radius 3 is 2.47 bits per heavy atom. The highest BCUT2D eigenvalue weighted by molar-refractivity contribution is 7.98. The number of carboxylic acid groups (broad SMARTS) is 1. The monoisotopic (exact) mass is 462 g/mol. The van der Waals surface area contributed by atoms with Crippen molar-refractivity contribution >= 4 is 48.1 Å². The Morgan fingerprint density at radius 1 is 1.27 bits per heavy atom. The summed E-state index contributed by atoms with van der Waals surface area (Å²) >= 11 is 5.68. The van der Waals surface area contributed by atoms with Gasteiger partial charge in [-0.25, -0.2) is 4.79 Å². The Labute approximate surface area is 187 Å². The minimum atomic E-state index is -1.10. The maximum atomic E-state index is 13.0. The molecule has 172 valence electrons. The van der Waals surface area contributed by atoms with Gasteiger partial charge in [0.25, 0.3) is 0 Å². The maximum Gasteiger partial charge on any atom is 0.326 e. The third-order valence-corrected chi connectivity index (χ3v) is 6.43. The largest absolute Gasteiger partial charge is 0.480 e. The van der Waals surface area contributed by atoms with Crippen LogP contribution in [0.15, 0.2) is 0 Å². The Morgan fingerprint density at radius 2 is 1.93 bits per heavy atom. The summed E-state index contributed by atoms with van der Waals surface area (Å²) in [6.07, 6.45) is 3.94. The summed E-state index contributed by atoms with van der Waals surface area (Å²) in [5.41, 5.74) is 5.94. The molecule has 0 bridgehead atoms. The molecule has 0 spiro atoms. The van der Waals surface area contributed by atoms with Crippen molar-refractivity contribution in [3.63, 3.8) is 0 Å². The number of rotatable bonds is 12. The van der Waals surface area contributed by atoms with Crippen LogP contribution in [0.2, 0.25) is 0 Å². The number of nitrogens with one attached hydrogen (secondary N) is 2. The van der Waals surface area contributed by atoms with Crippen molar-refractivity contribution in [2.45, 2.75) is 63.7 Å². The highest BCUT2D eigenvalue weighted by Gasteiger charge is 2.38. The molecule has 0 aromatic carbocycles. The van der Waals surface area contributed by atoms with Crippen LogP contribution in [0.4, 0.5) is 0 Å². The standard InChI is InChI=1S/C19H34N4O5S2/c1-4-11(2)15(20)17(25)22-13(10-29)18(26)23-8-5-6-14(23)16(24)21-12(19(27)28)7-9-30-3/h11-15,29H,4-10,20H2,1-3H3,(H,21,24)(H,22,25)(H,27,28). The number of thioether (sulfide) groups is 1. The van der Waals surface area contributed by atoms with Crippen LogP contribution in [-0.4, -0.2) is 82.2 Å². The molecule has 11 heteroatoms. The first-order chi connectivity index (χ1) is 14.2. The molecule has 0 aromatic heterocycles. The van der Waals surface area contributed by atoms with Gasteiger partial charge in [0.2, 0.25) is 17.7 Å². The van der Waals surface area contributed by atoms with E-state index in [2.05, 4.69) is 23.3 Å². The van der Waals surface area contributed by atoms with E-state index in [1.807, 2.05) is 20.1 Å². The molecule has 5 N–H and O–H groups in total. The number of amides is 3. The van der Waals surface area contributed by atoms with Gasteiger partial charge in [-0.3, -0.25) is 14.4 Å². The van der Waals surface area contributed by atoms with E-state index >= 15 is 0 Å². The molecule has 0 aromatic rings. The second-order valence-electron chi connectivity index (χ2n) is 7.53. The van der Waals surface area contributed by atoms with Crippen LogP contribution >= 0.6 is 24.4 Å². The van der Waals surface area contributed by atoms with Crippen LogP contribution < -0.4 is 16.4 Å². The maximum absolute atomic E-state index is 13.0. The smallest absolute Gasteiger partial charge is 0.326 e. The van der Waals surface area contributed by atoms with Gasteiger partial charge >= 0.3 is 5.97 Å². The van der Waals surface area contributed by atoms with Crippen molar-refractivity contribution in [2.24, 2.45) is 11.7 Å². The lowest BCUT2D eigenvalue weighted by Gasteiger charge is -2.29. The number of hydrogen-bond donors (Lipinski definition) is 5. The Bertz CT molecular complexity index is 622. The molecule has 1 aliphatic heterocycles. The van der Waals surface area contributed by atoms with Crippen LogP contribution in [0, 0.1) is 5.92 Å². The van der Waals surface area contributed by atoms with Crippen LogP contribution in [-0.2, 0) is 19.2 Å². The number of carbonyl (C=O) groups is 4. The van der Waals surface area contributed by atoms with Crippen molar-refractivity contribution < 1.29 is 24.3 Å². The fraction of sp³-hybridized carbons (Fsp3) is 0.789. The highest BCUT2D eigenvalue weighted by Crippen LogP contribution is 2.19. The lowest BCUT2D eigenvalue weighted by molar-refractivity contribution is -0.144. The number of carboxylic acids is 1. The van der Waals surface area contributed by atoms with Gasteiger partial charge in [0.1, 0.15) is 18.1 Å². The SMILES string of the molecule is CCC(C)C(N)C(=O)NC(CS)C(=O)N1CCCC1C(=O)NC(CCSC)C(=O)O. The molecule has 1 aliphatic rings. The van der Waals surface area contributed by atoms with Gasteiger partial charge in [-0.1, -0.05) is 20.3 Å². The first-order valence-corrected chi connectivity index (χ1v) is 12.2. The average Bonchev–Trinajstić information content (AvgIpc) is 3.22. The zero-order chi connectivity index (χ0) is 22.8. The fourth-order valence-electron chi connectivity index (χ4n) is 3.23. The highest BCUT2D eigenvalue weighted by atomic mass is 32.2. The summed E-state index contributed by atoms with van der Waals surface area (Å²) in [7, 11) is 0. The lowest BCUT2D eigenvalue weighted by atomic mass is 9.99. The van der Waals surface area contributed by atoms with E-state index in [0.29, 0.717) is 31.6 Å². The zero-order valence-corrected chi connectivity index (χ0v) is 19.5. The lowest BCUT2D eigenvalue weighted by Crippen LogP contribution is -2.58. The van der Waals surface area contributed by atoms with E-state index in [-0.39, 0.29) is 11.7 Å². The van der Waals surface area contributed by atoms with Gasteiger partial charge < -0.3 is 26.4 Å². The fourth-order valence-corrected chi connectivity index (χ4v) is 3.95. The molecule has 5 atom stereocenters. The summed E-state index contributed by atoms with van der Waals surface area (Å²) in [4.78, 5) is 50.9. The van der Waals surface area contributed by atoms with Gasteiger partial charge in [0.15, 0.2) is 0 Å². The molecule has 5 unspecified atom stereocenters. The van der Waals surface area contributed by atoms with Crippen LogP contribution in [0.5, 0.6) is 0 Å². The summed E-state index contributed by atoms with van der Waals surface area (Å²) in [5, 5.41) is 14.5. The molecular formula is C19H34N4O5S2. The number of carbonyl (C=O) groups excluding carboxylic acids is 3. The molecule has 9 nitrogen and oxygen atoms in total. The molecule has 0 aliphatic carbocycles. The zero-order valence-electron chi connectivity index (χ0n) is 17.8. The Balaban J connectivity index is 2.82. The number of nitrogens with two attached hydrogens (primary N) is 1. The molecule has 1 rings (SSSR count). The van der Waals surface area contributed by atoms with E-state index in [4.69, 9.17) is 5.73 Å². The van der Waals surface area contributed by atoms with Gasteiger partial charge in [-0.05, 0) is 37.2 Å².